The molecule has 2 amide bonds. The summed E-state index contributed by atoms with van der Waals surface area (Å²) in [5.74, 6) is -2.24. The van der Waals surface area contributed by atoms with E-state index in [4.69, 9.17) is 0 Å². The number of carbonyl (C=O) groups is 3. The van der Waals surface area contributed by atoms with Crippen LogP contribution < -0.4 is 10.2 Å². The number of anilines is 1. The number of hydrogen-bond donors (Lipinski definition) is 1. The van der Waals surface area contributed by atoms with E-state index in [1.165, 1.54) is 0 Å². The van der Waals surface area contributed by atoms with Crippen molar-refractivity contribution in [3.63, 3.8) is 0 Å². The van der Waals surface area contributed by atoms with Gasteiger partial charge in [0, 0.05) is 42.9 Å². The lowest BCUT2D eigenvalue weighted by molar-refractivity contribution is -0.117. The standard InChI is InChI=1S/C34H37F2N3O3/c1-3-38(2)21-19-37-33(41)26-10-6-9-25-8-4-5-12-31(25)39(20-7-11-26)34(42)27-15-13-24(14-16-27)22-32(40)29-23-28(35)17-18-30(29)36/h4-5,8,11-18,23H,3,6-7,9-10,19-22H2,1-2H3,(H,37,41)/b26-11+. The molecule has 0 atom stereocenters. The maximum atomic E-state index is 14.0. The molecule has 1 aliphatic heterocycles. The maximum Gasteiger partial charge on any atom is 0.258 e. The van der Waals surface area contributed by atoms with Crippen LogP contribution in [0.2, 0.25) is 0 Å². The number of carbonyl (C=O) groups excluding carboxylic acids is 3. The molecule has 0 radical (unpaired) electrons. The quantitative estimate of drug-likeness (QED) is 0.331. The van der Waals surface area contributed by atoms with Gasteiger partial charge in [0.2, 0.25) is 5.91 Å². The second-order valence-corrected chi connectivity index (χ2v) is 10.5. The number of halogens is 2. The number of nitrogens with one attached hydrogen (secondary N) is 1. The molecule has 1 N–H and O–H groups in total. The topological polar surface area (TPSA) is 69.7 Å². The molecule has 6 nitrogen and oxygen atoms in total. The van der Waals surface area contributed by atoms with Crippen molar-refractivity contribution < 1.29 is 23.2 Å². The lowest BCUT2D eigenvalue weighted by Crippen LogP contribution is -2.34. The molecule has 0 unspecified atom stereocenters. The van der Waals surface area contributed by atoms with Crippen LogP contribution in [0.25, 0.3) is 0 Å². The maximum absolute atomic E-state index is 14.0. The molecular formula is C34H37F2N3O3. The highest BCUT2D eigenvalue weighted by molar-refractivity contribution is 6.06. The number of para-hydroxylation sites is 1. The number of aryl methyl sites for hydroxylation is 1. The fourth-order valence-corrected chi connectivity index (χ4v) is 5.01. The van der Waals surface area contributed by atoms with Gasteiger partial charge in [-0.25, -0.2) is 8.78 Å². The zero-order chi connectivity index (χ0) is 30.1. The molecule has 220 valence electrons. The number of ketones is 1. The Balaban J connectivity index is 1.49. The molecule has 1 heterocycles. The van der Waals surface area contributed by atoms with E-state index >= 15 is 0 Å². The largest absolute Gasteiger partial charge is 0.351 e. The summed E-state index contributed by atoms with van der Waals surface area (Å²) >= 11 is 0. The van der Waals surface area contributed by atoms with Crippen molar-refractivity contribution >= 4 is 23.3 Å². The highest BCUT2D eigenvalue weighted by Gasteiger charge is 2.22. The van der Waals surface area contributed by atoms with Gasteiger partial charge in [-0.15, -0.1) is 0 Å². The monoisotopic (exact) mass is 573 g/mol. The SMILES string of the molecule is CCN(C)CCNC(=O)/C1=C/CCN(C(=O)c2ccc(CC(=O)c3cc(F)ccc3F)cc2)c2ccccc2CCC1. The van der Waals surface area contributed by atoms with Crippen molar-refractivity contribution in [1.82, 2.24) is 10.2 Å². The molecule has 0 bridgehead atoms. The molecule has 3 aromatic carbocycles. The predicted molar refractivity (Wildman–Crippen MR) is 161 cm³/mol. The summed E-state index contributed by atoms with van der Waals surface area (Å²) in [5.41, 5.74) is 3.35. The predicted octanol–water partition coefficient (Wildman–Crippen LogP) is 5.76. The number of hydrogen-bond acceptors (Lipinski definition) is 4. The van der Waals surface area contributed by atoms with Crippen LogP contribution in [0, 0.1) is 11.6 Å². The number of rotatable bonds is 9. The van der Waals surface area contributed by atoms with Crippen LogP contribution in [0.1, 0.15) is 58.0 Å². The van der Waals surface area contributed by atoms with Gasteiger partial charge in [-0.3, -0.25) is 14.4 Å². The summed E-state index contributed by atoms with van der Waals surface area (Å²) < 4.78 is 27.6. The highest BCUT2D eigenvalue weighted by Crippen LogP contribution is 2.27. The van der Waals surface area contributed by atoms with Gasteiger partial charge in [0.1, 0.15) is 11.6 Å². The molecule has 0 fully saturated rings. The third kappa shape index (κ3) is 7.97. The summed E-state index contributed by atoms with van der Waals surface area (Å²) in [6, 6.07) is 17.2. The lowest BCUT2D eigenvalue weighted by Gasteiger charge is -2.26. The van der Waals surface area contributed by atoms with Crippen LogP contribution in [0.5, 0.6) is 0 Å². The number of amides is 2. The van der Waals surface area contributed by atoms with Crippen LogP contribution in [-0.2, 0) is 17.6 Å². The number of likely N-dealkylation sites (N-methyl/N-ethyl adjacent to an activating group) is 1. The minimum atomic E-state index is -0.769. The van der Waals surface area contributed by atoms with Crippen molar-refractivity contribution in [1.29, 1.82) is 0 Å². The van der Waals surface area contributed by atoms with E-state index in [0.717, 1.165) is 61.0 Å². The molecule has 0 saturated carbocycles. The Bertz CT molecular complexity index is 1450. The van der Waals surface area contributed by atoms with E-state index in [9.17, 15) is 23.2 Å². The summed E-state index contributed by atoms with van der Waals surface area (Å²) in [4.78, 5) is 43.1. The Morgan fingerprint density at radius 2 is 1.74 bits per heavy atom. The number of Topliss-reactive ketones (excluding diaryl/α,β-unsaturated/α-hetero) is 1. The Labute approximate surface area is 246 Å². The minimum absolute atomic E-state index is 0.0607. The highest BCUT2D eigenvalue weighted by atomic mass is 19.1. The zero-order valence-corrected chi connectivity index (χ0v) is 24.2. The van der Waals surface area contributed by atoms with Gasteiger partial charge in [0.25, 0.3) is 5.91 Å². The fourth-order valence-electron chi connectivity index (χ4n) is 5.01. The summed E-state index contributed by atoms with van der Waals surface area (Å²) in [6.45, 7) is 4.73. The average Bonchev–Trinajstić information content (AvgIpc) is 3.00. The third-order valence-corrected chi connectivity index (χ3v) is 7.57. The van der Waals surface area contributed by atoms with Crippen molar-refractivity contribution in [3.8, 4) is 0 Å². The van der Waals surface area contributed by atoms with E-state index in [1.54, 1.807) is 29.2 Å². The summed E-state index contributed by atoms with van der Waals surface area (Å²) in [6.07, 6.45) is 4.50. The van der Waals surface area contributed by atoms with Crippen LogP contribution in [0.15, 0.2) is 78.4 Å². The number of nitrogens with zero attached hydrogens (tertiary/aromatic N) is 2. The van der Waals surface area contributed by atoms with Crippen molar-refractivity contribution in [2.75, 3.05) is 38.1 Å². The Morgan fingerprint density at radius 1 is 0.976 bits per heavy atom. The van der Waals surface area contributed by atoms with Gasteiger partial charge >= 0.3 is 0 Å². The van der Waals surface area contributed by atoms with E-state index < -0.39 is 17.4 Å². The van der Waals surface area contributed by atoms with Gasteiger partial charge in [0.05, 0.1) is 5.56 Å². The first kappa shape index (κ1) is 30.8. The third-order valence-electron chi connectivity index (χ3n) is 7.57. The molecule has 3 aromatic rings. The second kappa shape index (κ2) is 14.6. The smallest absolute Gasteiger partial charge is 0.258 e. The van der Waals surface area contributed by atoms with Crippen molar-refractivity contribution in [3.05, 3.63) is 112 Å². The average molecular weight is 574 g/mol. The molecule has 0 saturated heterocycles. The van der Waals surface area contributed by atoms with Crippen LogP contribution >= 0.6 is 0 Å². The van der Waals surface area contributed by atoms with Gasteiger partial charge in [-0.2, -0.15) is 0 Å². The van der Waals surface area contributed by atoms with Crippen molar-refractivity contribution in [2.45, 2.75) is 39.0 Å². The molecule has 4 rings (SSSR count). The van der Waals surface area contributed by atoms with Gasteiger partial charge < -0.3 is 15.1 Å². The summed E-state index contributed by atoms with van der Waals surface area (Å²) in [5, 5.41) is 3.02. The van der Waals surface area contributed by atoms with Gasteiger partial charge in [0.15, 0.2) is 5.78 Å². The first-order chi connectivity index (χ1) is 20.3. The molecule has 0 spiro atoms. The lowest BCUT2D eigenvalue weighted by atomic mass is 9.98. The zero-order valence-electron chi connectivity index (χ0n) is 24.2. The van der Waals surface area contributed by atoms with E-state index in [2.05, 4.69) is 17.1 Å². The Hall–Kier alpha value is -4.17. The summed E-state index contributed by atoms with van der Waals surface area (Å²) in [7, 11) is 2.01. The Kier molecular flexibility index (Phi) is 10.7. The molecule has 0 aromatic heterocycles. The van der Waals surface area contributed by atoms with Crippen molar-refractivity contribution in [2.24, 2.45) is 0 Å². The van der Waals surface area contributed by atoms with Gasteiger partial charge in [-0.1, -0.05) is 43.3 Å². The number of benzene rings is 3. The second-order valence-electron chi connectivity index (χ2n) is 10.5. The Morgan fingerprint density at radius 3 is 2.50 bits per heavy atom. The fraction of sp³-hybridized carbons (Fsp3) is 0.324. The van der Waals surface area contributed by atoms with E-state index in [-0.39, 0.29) is 23.8 Å². The normalized spacial score (nSPS) is 15.0. The molecular weight excluding hydrogens is 536 g/mol. The first-order valence-corrected chi connectivity index (χ1v) is 14.4. The molecule has 1 aliphatic rings. The minimum Gasteiger partial charge on any atom is -0.351 e. The molecule has 0 aliphatic carbocycles. The van der Waals surface area contributed by atoms with E-state index in [0.29, 0.717) is 37.1 Å². The van der Waals surface area contributed by atoms with Crippen LogP contribution in [0.4, 0.5) is 14.5 Å². The number of fused-ring (bicyclic) bond motifs is 1. The van der Waals surface area contributed by atoms with Crippen LogP contribution in [0.3, 0.4) is 0 Å². The molecule has 8 heteroatoms. The van der Waals surface area contributed by atoms with E-state index in [1.807, 2.05) is 37.4 Å². The molecule has 42 heavy (non-hydrogen) atoms. The van der Waals surface area contributed by atoms with Gasteiger partial charge in [-0.05, 0) is 86.8 Å². The van der Waals surface area contributed by atoms with Crippen LogP contribution in [-0.4, -0.2) is 55.7 Å². The first-order valence-electron chi connectivity index (χ1n) is 14.4.